The molecule has 1 amide bonds. The summed E-state index contributed by atoms with van der Waals surface area (Å²) in [5.74, 6) is 0.610. The Morgan fingerprint density at radius 1 is 1.00 bits per heavy atom. The van der Waals surface area contributed by atoms with Crippen LogP contribution in [0.2, 0.25) is 0 Å². The molecule has 2 N–H and O–H groups in total. The molecular weight excluding hydrogens is 360 g/mol. The number of nitrogens with one attached hydrogen (secondary N) is 2. The predicted octanol–water partition coefficient (Wildman–Crippen LogP) is 3.71. The molecule has 0 aliphatic carbocycles. The Morgan fingerprint density at radius 3 is 2.38 bits per heavy atom. The highest BCUT2D eigenvalue weighted by molar-refractivity contribution is 5.96. The molecule has 0 aliphatic rings. The monoisotopic (exact) mass is 389 g/mol. The summed E-state index contributed by atoms with van der Waals surface area (Å²) in [6.07, 6.45) is 0. The maximum Gasteiger partial charge on any atom is 0.287 e. The van der Waals surface area contributed by atoms with Gasteiger partial charge < -0.3 is 15.0 Å². The largest absolute Gasteiger partial charge is 0.495 e. The van der Waals surface area contributed by atoms with E-state index in [0.29, 0.717) is 11.4 Å². The van der Waals surface area contributed by atoms with Crippen LogP contribution < -0.4 is 15.0 Å². The van der Waals surface area contributed by atoms with Crippen molar-refractivity contribution in [2.45, 2.75) is 26.4 Å². The first-order chi connectivity index (χ1) is 14.0. The van der Waals surface area contributed by atoms with E-state index < -0.39 is 0 Å². The second-order valence-corrected chi connectivity index (χ2v) is 7.49. The lowest BCUT2D eigenvalue weighted by Gasteiger charge is -2.25. The van der Waals surface area contributed by atoms with Crippen LogP contribution in [0.25, 0.3) is 0 Å². The molecule has 3 aromatic carbocycles. The first kappa shape index (κ1) is 20.6. The standard InChI is InChI=1S/C25H28N2O2/c1-18-14-15-23(29-4)22(16-18)26-25(28)24(20-11-6-5-7-12-20)27(3)17-21-13-9-8-10-19(21)2/h5-16,24H,17H2,1-4H3,(H,26,28)/p+1/t24-/m0/s1. The second-order valence-electron chi connectivity index (χ2n) is 7.49. The van der Waals surface area contributed by atoms with E-state index in [1.807, 2.05) is 67.6 Å². The molecular formula is C25H29N2O2+. The van der Waals surface area contributed by atoms with Crippen LogP contribution in [0.15, 0.2) is 72.8 Å². The van der Waals surface area contributed by atoms with Crippen molar-refractivity contribution in [3.05, 3.63) is 95.1 Å². The van der Waals surface area contributed by atoms with E-state index in [9.17, 15) is 4.79 Å². The molecule has 0 saturated carbocycles. The zero-order valence-electron chi connectivity index (χ0n) is 17.5. The van der Waals surface area contributed by atoms with Crippen LogP contribution in [0.5, 0.6) is 5.75 Å². The number of aryl methyl sites for hydroxylation is 2. The number of hydrogen-bond acceptors (Lipinski definition) is 2. The van der Waals surface area contributed by atoms with E-state index in [2.05, 4.69) is 31.4 Å². The van der Waals surface area contributed by atoms with Crippen molar-refractivity contribution in [3.8, 4) is 5.75 Å². The minimum absolute atomic E-state index is 0.0498. The first-order valence-electron chi connectivity index (χ1n) is 9.87. The minimum atomic E-state index is -0.346. The molecule has 0 aliphatic heterocycles. The van der Waals surface area contributed by atoms with Crippen molar-refractivity contribution in [2.75, 3.05) is 19.5 Å². The van der Waals surface area contributed by atoms with Gasteiger partial charge in [0.1, 0.15) is 12.3 Å². The Bertz CT molecular complexity index is 970. The fourth-order valence-corrected chi connectivity index (χ4v) is 3.64. The van der Waals surface area contributed by atoms with Crippen LogP contribution in [-0.2, 0) is 11.3 Å². The quantitative estimate of drug-likeness (QED) is 0.647. The highest BCUT2D eigenvalue weighted by atomic mass is 16.5. The Morgan fingerprint density at radius 2 is 1.69 bits per heavy atom. The molecule has 0 radical (unpaired) electrons. The number of amides is 1. The SMILES string of the molecule is COc1ccc(C)cc1NC(=O)[C@H](c1ccccc1)[NH+](C)Cc1ccccc1C. The molecule has 2 atom stereocenters. The highest BCUT2D eigenvalue weighted by Gasteiger charge is 2.30. The Balaban J connectivity index is 1.91. The summed E-state index contributed by atoms with van der Waals surface area (Å²) in [5, 5.41) is 3.10. The summed E-state index contributed by atoms with van der Waals surface area (Å²) in [6.45, 7) is 4.86. The van der Waals surface area contributed by atoms with Crippen molar-refractivity contribution in [2.24, 2.45) is 0 Å². The van der Waals surface area contributed by atoms with Crippen LogP contribution in [0.1, 0.15) is 28.3 Å². The summed E-state index contributed by atoms with van der Waals surface area (Å²) < 4.78 is 5.44. The smallest absolute Gasteiger partial charge is 0.287 e. The molecule has 3 aromatic rings. The third-order valence-corrected chi connectivity index (χ3v) is 5.23. The lowest BCUT2D eigenvalue weighted by atomic mass is 10.0. The van der Waals surface area contributed by atoms with E-state index in [4.69, 9.17) is 4.74 Å². The van der Waals surface area contributed by atoms with Crippen LogP contribution in [-0.4, -0.2) is 20.1 Å². The fraction of sp³-hybridized carbons (Fsp3) is 0.240. The van der Waals surface area contributed by atoms with Gasteiger partial charge in [-0.25, -0.2) is 0 Å². The maximum absolute atomic E-state index is 13.4. The van der Waals surface area contributed by atoms with Gasteiger partial charge in [0.2, 0.25) is 0 Å². The Hall–Kier alpha value is -3.11. The maximum atomic E-state index is 13.4. The number of anilines is 1. The summed E-state index contributed by atoms with van der Waals surface area (Å²) in [7, 11) is 3.68. The number of methoxy groups -OCH3 is 1. The van der Waals surface area contributed by atoms with Gasteiger partial charge in [-0.05, 0) is 37.1 Å². The molecule has 1 unspecified atom stereocenters. The Kier molecular flexibility index (Phi) is 6.68. The van der Waals surface area contributed by atoms with Crippen LogP contribution in [0.3, 0.4) is 0 Å². The van der Waals surface area contributed by atoms with Gasteiger partial charge in [0.15, 0.2) is 6.04 Å². The molecule has 3 rings (SSSR count). The average molecular weight is 390 g/mol. The van der Waals surface area contributed by atoms with Gasteiger partial charge in [0.25, 0.3) is 5.91 Å². The molecule has 0 aromatic heterocycles. The van der Waals surface area contributed by atoms with Gasteiger partial charge in [0.05, 0.1) is 19.8 Å². The van der Waals surface area contributed by atoms with E-state index in [0.717, 1.165) is 22.6 Å². The van der Waals surface area contributed by atoms with Crippen LogP contribution in [0, 0.1) is 13.8 Å². The van der Waals surface area contributed by atoms with Gasteiger partial charge >= 0.3 is 0 Å². The number of carbonyl (C=O) groups is 1. The molecule has 150 valence electrons. The van der Waals surface area contributed by atoms with Crippen molar-refractivity contribution in [1.82, 2.24) is 0 Å². The van der Waals surface area contributed by atoms with Crippen molar-refractivity contribution >= 4 is 11.6 Å². The molecule has 4 heteroatoms. The number of carbonyl (C=O) groups excluding carboxylic acids is 1. The predicted molar refractivity (Wildman–Crippen MR) is 117 cm³/mol. The molecule has 0 heterocycles. The molecule has 29 heavy (non-hydrogen) atoms. The highest BCUT2D eigenvalue weighted by Crippen LogP contribution is 2.26. The van der Waals surface area contributed by atoms with Gasteiger partial charge in [-0.3, -0.25) is 4.79 Å². The topological polar surface area (TPSA) is 42.8 Å². The lowest BCUT2D eigenvalue weighted by molar-refractivity contribution is -0.915. The molecule has 4 nitrogen and oxygen atoms in total. The van der Waals surface area contributed by atoms with E-state index in [1.54, 1.807) is 7.11 Å². The zero-order valence-corrected chi connectivity index (χ0v) is 17.5. The summed E-state index contributed by atoms with van der Waals surface area (Å²) >= 11 is 0. The van der Waals surface area contributed by atoms with Gasteiger partial charge in [-0.1, -0.05) is 60.7 Å². The average Bonchev–Trinajstić information content (AvgIpc) is 2.71. The lowest BCUT2D eigenvalue weighted by Crippen LogP contribution is -3.09. The number of likely N-dealkylation sites (N-methyl/N-ethyl adjacent to an activating group) is 1. The number of benzene rings is 3. The van der Waals surface area contributed by atoms with Crippen LogP contribution in [0.4, 0.5) is 5.69 Å². The minimum Gasteiger partial charge on any atom is -0.495 e. The number of quaternary nitrogens is 1. The van der Waals surface area contributed by atoms with Crippen LogP contribution >= 0.6 is 0 Å². The number of rotatable bonds is 7. The number of hydrogen-bond donors (Lipinski definition) is 2. The van der Waals surface area contributed by atoms with Gasteiger partial charge in [-0.15, -0.1) is 0 Å². The van der Waals surface area contributed by atoms with E-state index in [1.165, 1.54) is 11.1 Å². The van der Waals surface area contributed by atoms with Gasteiger partial charge in [0, 0.05) is 11.1 Å². The van der Waals surface area contributed by atoms with Gasteiger partial charge in [-0.2, -0.15) is 0 Å². The molecule has 0 saturated heterocycles. The zero-order chi connectivity index (χ0) is 20.8. The Labute approximate surface area is 173 Å². The van der Waals surface area contributed by atoms with Crippen molar-refractivity contribution < 1.29 is 14.4 Å². The van der Waals surface area contributed by atoms with Crippen molar-refractivity contribution in [3.63, 3.8) is 0 Å². The normalized spacial score (nSPS) is 12.8. The third kappa shape index (κ3) is 5.04. The summed E-state index contributed by atoms with van der Waals surface area (Å²) in [4.78, 5) is 14.5. The summed E-state index contributed by atoms with van der Waals surface area (Å²) in [5.41, 5.74) is 5.23. The first-order valence-corrected chi connectivity index (χ1v) is 9.87. The summed E-state index contributed by atoms with van der Waals surface area (Å²) in [6, 6.07) is 23.7. The van der Waals surface area contributed by atoms with E-state index in [-0.39, 0.29) is 11.9 Å². The van der Waals surface area contributed by atoms with Crippen molar-refractivity contribution in [1.29, 1.82) is 0 Å². The number of ether oxygens (including phenoxy) is 1. The second kappa shape index (κ2) is 9.39. The third-order valence-electron chi connectivity index (χ3n) is 5.23. The molecule has 0 bridgehead atoms. The fourth-order valence-electron chi connectivity index (χ4n) is 3.64. The molecule has 0 fully saturated rings. The molecule has 0 spiro atoms. The van der Waals surface area contributed by atoms with E-state index >= 15 is 0 Å².